The van der Waals surface area contributed by atoms with E-state index in [-0.39, 0.29) is 24.4 Å². The number of carbonyl (C=O) groups excluding carboxylic acids is 2. The molecule has 33 heavy (non-hydrogen) atoms. The highest BCUT2D eigenvalue weighted by molar-refractivity contribution is 5.99. The minimum Gasteiger partial charge on any atom is -0.497 e. The zero-order valence-corrected chi connectivity index (χ0v) is 18.7. The molecule has 0 unspecified atom stereocenters. The Labute approximate surface area is 190 Å². The number of rotatable bonds is 6. The zero-order valence-electron chi connectivity index (χ0n) is 18.7. The molecule has 7 nitrogen and oxygen atoms in total. The summed E-state index contributed by atoms with van der Waals surface area (Å²) in [7, 11) is 3.42. The minimum absolute atomic E-state index is 0.0989. The summed E-state index contributed by atoms with van der Waals surface area (Å²) in [6, 6.07) is 9.95. The second-order valence-electron chi connectivity index (χ2n) is 7.99. The molecule has 1 atom stereocenters. The molecule has 1 fully saturated rings. The summed E-state index contributed by atoms with van der Waals surface area (Å²) in [5.41, 5.74) is 0.950. The molecule has 0 aliphatic carbocycles. The van der Waals surface area contributed by atoms with Gasteiger partial charge in [-0.25, -0.2) is 0 Å². The van der Waals surface area contributed by atoms with Gasteiger partial charge in [-0.2, -0.15) is 13.2 Å². The van der Waals surface area contributed by atoms with Crippen LogP contribution >= 0.6 is 0 Å². The largest absolute Gasteiger partial charge is 0.497 e. The lowest BCUT2D eigenvalue weighted by Crippen LogP contribution is -2.48. The Bertz CT molecular complexity index is 995. The Kier molecular flexibility index (Phi) is 7.60. The lowest BCUT2D eigenvalue weighted by Gasteiger charge is -2.39. The van der Waals surface area contributed by atoms with Crippen molar-refractivity contribution in [1.82, 2.24) is 9.80 Å². The molecule has 2 aromatic carbocycles. The van der Waals surface area contributed by atoms with Crippen molar-refractivity contribution in [3.05, 3.63) is 53.6 Å². The lowest BCUT2D eigenvalue weighted by atomic mass is 10.0. The second kappa shape index (κ2) is 10.2. The first-order valence-electron chi connectivity index (χ1n) is 10.4. The van der Waals surface area contributed by atoms with Crippen molar-refractivity contribution in [2.45, 2.75) is 19.1 Å². The van der Waals surface area contributed by atoms with Crippen LogP contribution in [-0.4, -0.2) is 62.0 Å². The van der Waals surface area contributed by atoms with Crippen LogP contribution in [0, 0.1) is 0 Å². The predicted molar refractivity (Wildman–Crippen MR) is 119 cm³/mol. The van der Waals surface area contributed by atoms with Gasteiger partial charge in [0.1, 0.15) is 5.75 Å². The zero-order chi connectivity index (χ0) is 24.2. The highest BCUT2D eigenvalue weighted by Crippen LogP contribution is 2.32. The molecule has 0 radical (unpaired) electrons. The third-order valence-electron chi connectivity index (χ3n) is 5.53. The van der Waals surface area contributed by atoms with Crippen molar-refractivity contribution in [3.63, 3.8) is 0 Å². The summed E-state index contributed by atoms with van der Waals surface area (Å²) < 4.78 is 43.8. The Morgan fingerprint density at radius 3 is 2.36 bits per heavy atom. The molecule has 0 spiro atoms. The molecular weight excluding hydrogens is 437 g/mol. The number of nitrogens with one attached hydrogen (secondary N) is 2. The van der Waals surface area contributed by atoms with E-state index in [2.05, 4.69) is 15.5 Å². The Hall–Kier alpha value is -3.11. The van der Waals surface area contributed by atoms with Crippen molar-refractivity contribution in [2.24, 2.45) is 0 Å². The van der Waals surface area contributed by atoms with Gasteiger partial charge in [-0.1, -0.05) is 12.1 Å². The first-order chi connectivity index (χ1) is 15.6. The van der Waals surface area contributed by atoms with Crippen LogP contribution in [-0.2, 0) is 15.8 Å². The number of methoxy groups -OCH3 is 1. The van der Waals surface area contributed by atoms with Crippen LogP contribution in [0.1, 0.15) is 24.1 Å². The molecule has 2 amide bonds. The van der Waals surface area contributed by atoms with Crippen molar-refractivity contribution in [2.75, 3.05) is 51.0 Å². The fraction of sp³-hybridized carbons (Fsp3) is 0.391. The van der Waals surface area contributed by atoms with Gasteiger partial charge in [0.05, 0.1) is 30.6 Å². The number of amides is 2. The molecule has 0 saturated carbocycles. The quantitative estimate of drug-likeness (QED) is 0.684. The van der Waals surface area contributed by atoms with E-state index in [4.69, 9.17) is 4.74 Å². The minimum atomic E-state index is -4.38. The number of nitrogens with zero attached hydrogens (tertiary/aromatic N) is 2. The van der Waals surface area contributed by atoms with Crippen LogP contribution in [0.4, 0.5) is 24.5 Å². The molecule has 1 heterocycles. The predicted octanol–water partition coefficient (Wildman–Crippen LogP) is 3.60. The standard InChI is InChI=1S/C23H27F3N4O3/c1-15(31)27-19-9-8-18(33-3)12-20(19)28-22(32)14-30-11-10-29(2)21(13-30)16-4-6-17(7-5-16)23(24,25)26/h4-9,12,21H,10-11,13-14H2,1-3H3,(H,27,31)(H,28,32)/t21-/m0/s1. The molecule has 0 bridgehead atoms. The van der Waals surface area contributed by atoms with Crippen LogP contribution in [0.3, 0.4) is 0 Å². The van der Waals surface area contributed by atoms with E-state index in [0.29, 0.717) is 36.8 Å². The topological polar surface area (TPSA) is 73.9 Å². The van der Waals surface area contributed by atoms with E-state index in [1.807, 2.05) is 11.9 Å². The second-order valence-corrected chi connectivity index (χ2v) is 7.99. The summed E-state index contributed by atoms with van der Waals surface area (Å²) in [4.78, 5) is 28.2. The normalized spacial score (nSPS) is 17.5. The van der Waals surface area contributed by atoms with Gasteiger partial charge in [0.2, 0.25) is 11.8 Å². The molecular formula is C23H27F3N4O3. The number of hydrogen-bond acceptors (Lipinski definition) is 5. The number of halogens is 3. The summed E-state index contributed by atoms with van der Waals surface area (Å²) in [5.74, 6) is -0.0129. The van der Waals surface area contributed by atoms with Crippen LogP contribution in [0.2, 0.25) is 0 Å². The van der Waals surface area contributed by atoms with E-state index < -0.39 is 11.7 Å². The molecule has 10 heteroatoms. The molecule has 0 aromatic heterocycles. The number of benzene rings is 2. The van der Waals surface area contributed by atoms with Gasteiger partial charge >= 0.3 is 6.18 Å². The average Bonchev–Trinajstić information content (AvgIpc) is 2.75. The number of alkyl halides is 3. The number of carbonyl (C=O) groups is 2. The van der Waals surface area contributed by atoms with Crippen LogP contribution in [0.15, 0.2) is 42.5 Å². The molecule has 3 rings (SSSR count). The molecule has 1 aliphatic heterocycles. The highest BCUT2D eigenvalue weighted by Gasteiger charge is 2.31. The van der Waals surface area contributed by atoms with Crippen LogP contribution in [0.25, 0.3) is 0 Å². The number of hydrogen-bond donors (Lipinski definition) is 2. The molecule has 2 N–H and O–H groups in total. The van der Waals surface area contributed by atoms with Gasteiger partial charge in [0.25, 0.3) is 0 Å². The van der Waals surface area contributed by atoms with E-state index in [0.717, 1.165) is 17.7 Å². The third kappa shape index (κ3) is 6.45. The number of ether oxygens (including phenoxy) is 1. The van der Waals surface area contributed by atoms with E-state index in [9.17, 15) is 22.8 Å². The van der Waals surface area contributed by atoms with Crippen molar-refractivity contribution in [3.8, 4) is 5.75 Å². The monoisotopic (exact) mass is 464 g/mol. The first kappa shape index (κ1) is 24.5. The molecule has 178 valence electrons. The van der Waals surface area contributed by atoms with Gasteiger partial charge in [0.15, 0.2) is 0 Å². The Morgan fingerprint density at radius 2 is 1.76 bits per heavy atom. The third-order valence-corrected chi connectivity index (χ3v) is 5.53. The van der Waals surface area contributed by atoms with E-state index in [1.165, 1.54) is 26.2 Å². The highest BCUT2D eigenvalue weighted by atomic mass is 19.4. The van der Waals surface area contributed by atoms with Gasteiger partial charge in [-0.15, -0.1) is 0 Å². The number of piperazine rings is 1. The van der Waals surface area contributed by atoms with Crippen molar-refractivity contribution < 1.29 is 27.5 Å². The number of likely N-dealkylation sites (N-methyl/N-ethyl adjacent to an activating group) is 1. The van der Waals surface area contributed by atoms with Gasteiger partial charge < -0.3 is 15.4 Å². The lowest BCUT2D eigenvalue weighted by molar-refractivity contribution is -0.137. The fourth-order valence-electron chi connectivity index (χ4n) is 3.77. The summed E-state index contributed by atoms with van der Waals surface area (Å²) in [6.45, 7) is 3.27. The Morgan fingerprint density at radius 1 is 1.06 bits per heavy atom. The first-order valence-corrected chi connectivity index (χ1v) is 10.4. The SMILES string of the molecule is COc1ccc(NC(C)=O)c(NC(=O)CN2CCN(C)[C@H](c3ccc(C(F)(F)F)cc3)C2)c1. The van der Waals surface area contributed by atoms with E-state index >= 15 is 0 Å². The maximum Gasteiger partial charge on any atom is 0.416 e. The average molecular weight is 464 g/mol. The molecule has 1 saturated heterocycles. The summed E-state index contributed by atoms with van der Waals surface area (Å²) >= 11 is 0. The maximum absolute atomic E-state index is 12.9. The smallest absolute Gasteiger partial charge is 0.416 e. The van der Waals surface area contributed by atoms with Gasteiger partial charge in [0, 0.05) is 38.7 Å². The van der Waals surface area contributed by atoms with Gasteiger partial charge in [-0.05, 0) is 36.9 Å². The Balaban J connectivity index is 1.68. The molecule has 1 aliphatic rings. The van der Waals surface area contributed by atoms with Crippen LogP contribution in [0.5, 0.6) is 5.75 Å². The van der Waals surface area contributed by atoms with E-state index in [1.54, 1.807) is 18.2 Å². The van der Waals surface area contributed by atoms with Crippen molar-refractivity contribution in [1.29, 1.82) is 0 Å². The number of anilines is 2. The van der Waals surface area contributed by atoms with Crippen LogP contribution < -0.4 is 15.4 Å². The summed E-state index contributed by atoms with van der Waals surface area (Å²) in [6.07, 6.45) is -4.38. The van der Waals surface area contributed by atoms with Gasteiger partial charge in [-0.3, -0.25) is 19.4 Å². The maximum atomic E-state index is 12.9. The fourth-order valence-corrected chi connectivity index (χ4v) is 3.77. The van der Waals surface area contributed by atoms with Crippen molar-refractivity contribution >= 4 is 23.2 Å². The molecule has 2 aromatic rings. The summed E-state index contributed by atoms with van der Waals surface area (Å²) in [5, 5.41) is 5.49.